The number of rotatable bonds is 4. The summed E-state index contributed by atoms with van der Waals surface area (Å²) < 4.78 is 5.78. The normalized spacial score (nSPS) is 18.5. The molecule has 0 bridgehead atoms. The summed E-state index contributed by atoms with van der Waals surface area (Å²) in [4.78, 5) is 0. The maximum Gasteiger partial charge on any atom is 0.127 e. The molecule has 1 unspecified atom stereocenters. The number of hydrogen-bond donors (Lipinski definition) is 2. The van der Waals surface area contributed by atoms with E-state index in [1.165, 1.54) is 12.8 Å². The Kier molecular flexibility index (Phi) is 4.19. The van der Waals surface area contributed by atoms with E-state index in [1.807, 2.05) is 42.5 Å². The Morgan fingerprint density at radius 3 is 2.40 bits per heavy atom. The molecule has 1 fully saturated rings. The van der Waals surface area contributed by atoms with Crippen molar-refractivity contribution in [2.24, 2.45) is 0 Å². The molecule has 1 aliphatic heterocycles. The summed E-state index contributed by atoms with van der Waals surface area (Å²) in [5, 5.41) is 6.97. The first-order valence-corrected chi connectivity index (χ1v) is 7.20. The van der Waals surface area contributed by atoms with Crippen LogP contribution >= 0.6 is 0 Å². The van der Waals surface area contributed by atoms with Crippen LogP contribution in [-0.2, 0) is 0 Å². The number of benzene rings is 2. The van der Waals surface area contributed by atoms with Gasteiger partial charge in [0.25, 0.3) is 0 Å². The van der Waals surface area contributed by atoms with Gasteiger partial charge in [0.2, 0.25) is 0 Å². The highest BCUT2D eigenvalue weighted by molar-refractivity contribution is 5.48. The van der Waals surface area contributed by atoms with Crippen molar-refractivity contribution in [3.8, 4) is 11.5 Å². The quantitative estimate of drug-likeness (QED) is 0.888. The zero-order valence-corrected chi connectivity index (χ0v) is 11.5. The minimum absolute atomic E-state index is 0.532. The van der Waals surface area contributed by atoms with E-state index in [0.29, 0.717) is 6.04 Å². The Labute approximate surface area is 120 Å². The van der Waals surface area contributed by atoms with Crippen LogP contribution in [0.1, 0.15) is 12.8 Å². The molecule has 1 heterocycles. The Morgan fingerprint density at radius 2 is 1.70 bits per heavy atom. The summed E-state index contributed by atoms with van der Waals surface area (Å²) in [5.74, 6) is 1.73. The molecule has 104 valence electrons. The number of ether oxygens (including phenoxy) is 1. The maximum atomic E-state index is 5.78. The van der Waals surface area contributed by atoms with Crippen LogP contribution in [0.5, 0.6) is 11.5 Å². The Hall–Kier alpha value is -2.00. The third kappa shape index (κ3) is 3.52. The highest BCUT2D eigenvalue weighted by atomic mass is 16.5. The van der Waals surface area contributed by atoms with Gasteiger partial charge in [-0.15, -0.1) is 0 Å². The van der Waals surface area contributed by atoms with E-state index in [0.717, 1.165) is 30.3 Å². The largest absolute Gasteiger partial charge is 0.457 e. The average molecular weight is 268 g/mol. The topological polar surface area (TPSA) is 33.3 Å². The number of nitrogens with one attached hydrogen (secondary N) is 2. The number of para-hydroxylation sites is 1. The Bertz CT molecular complexity index is 518. The number of anilines is 1. The van der Waals surface area contributed by atoms with Crippen molar-refractivity contribution >= 4 is 5.69 Å². The lowest BCUT2D eigenvalue weighted by Gasteiger charge is -2.24. The molecule has 0 radical (unpaired) electrons. The van der Waals surface area contributed by atoms with Gasteiger partial charge >= 0.3 is 0 Å². The third-order valence-electron chi connectivity index (χ3n) is 3.50. The van der Waals surface area contributed by atoms with E-state index in [-0.39, 0.29) is 0 Å². The average Bonchev–Trinajstić information content (AvgIpc) is 2.51. The molecule has 2 aromatic rings. The van der Waals surface area contributed by atoms with Crippen molar-refractivity contribution in [1.29, 1.82) is 0 Å². The second kappa shape index (κ2) is 6.44. The van der Waals surface area contributed by atoms with Crippen molar-refractivity contribution in [2.75, 3.05) is 18.4 Å². The fraction of sp³-hybridized carbons (Fsp3) is 0.294. The third-order valence-corrected chi connectivity index (χ3v) is 3.50. The van der Waals surface area contributed by atoms with Gasteiger partial charge in [-0.2, -0.15) is 0 Å². The van der Waals surface area contributed by atoms with Gasteiger partial charge in [-0.25, -0.2) is 0 Å². The van der Waals surface area contributed by atoms with Gasteiger partial charge in [0.1, 0.15) is 11.5 Å². The summed E-state index contributed by atoms with van der Waals surface area (Å²) in [7, 11) is 0. The molecular formula is C17H20N2O. The van der Waals surface area contributed by atoms with Gasteiger partial charge in [-0.1, -0.05) is 18.2 Å². The van der Waals surface area contributed by atoms with Gasteiger partial charge in [0.15, 0.2) is 0 Å². The highest BCUT2D eigenvalue weighted by Crippen LogP contribution is 2.23. The van der Waals surface area contributed by atoms with Crippen LogP contribution in [0.15, 0.2) is 54.6 Å². The SMILES string of the molecule is c1ccc(Oc2ccc(NC3CCCNC3)cc2)cc1. The lowest BCUT2D eigenvalue weighted by atomic mass is 10.1. The predicted molar refractivity (Wildman–Crippen MR) is 82.5 cm³/mol. The summed E-state index contributed by atoms with van der Waals surface area (Å²) in [6, 6.07) is 18.5. The second-order valence-electron chi connectivity index (χ2n) is 5.13. The van der Waals surface area contributed by atoms with Gasteiger partial charge < -0.3 is 15.4 Å². The summed E-state index contributed by atoms with van der Waals surface area (Å²) in [6.45, 7) is 2.18. The first-order valence-electron chi connectivity index (χ1n) is 7.20. The Balaban J connectivity index is 1.59. The molecule has 0 aromatic heterocycles. The molecule has 20 heavy (non-hydrogen) atoms. The van der Waals surface area contributed by atoms with Crippen LogP contribution in [-0.4, -0.2) is 19.1 Å². The molecule has 2 aromatic carbocycles. The molecule has 1 saturated heterocycles. The van der Waals surface area contributed by atoms with Gasteiger partial charge in [-0.3, -0.25) is 0 Å². The zero-order valence-electron chi connectivity index (χ0n) is 11.5. The van der Waals surface area contributed by atoms with Crippen molar-refractivity contribution < 1.29 is 4.74 Å². The van der Waals surface area contributed by atoms with E-state index in [2.05, 4.69) is 22.8 Å². The van der Waals surface area contributed by atoms with E-state index in [1.54, 1.807) is 0 Å². The smallest absolute Gasteiger partial charge is 0.127 e. The van der Waals surface area contributed by atoms with Crippen LogP contribution in [0.25, 0.3) is 0 Å². The lowest BCUT2D eigenvalue weighted by Crippen LogP contribution is -2.38. The fourth-order valence-electron chi connectivity index (χ4n) is 2.45. The standard InChI is InChI=1S/C17H20N2O/c1-2-6-16(7-3-1)20-17-10-8-14(9-11-17)19-15-5-4-12-18-13-15/h1-3,6-11,15,18-19H,4-5,12-13H2. The highest BCUT2D eigenvalue weighted by Gasteiger charge is 2.12. The van der Waals surface area contributed by atoms with Crippen LogP contribution in [0, 0.1) is 0 Å². The van der Waals surface area contributed by atoms with E-state index in [9.17, 15) is 0 Å². The molecule has 2 N–H and O–H groups in total. The molecule has 3 nitrogen and oxygen atoms in total. The minimum atomic E-state index is 0.532. The molecular weight excluding hydrogens is 248 g/mol. The molecule has 0 spiro atoms. The van der Waals surface area contributed by atoms with Crippen molar-refractivity contribution in [3.63, 3.8) is 0 Å². The number of piperidine rings is 1. The molecule has 3 rings (SSSR count). The molecule has 1 aliphatic rings. The summed E-state index contributed by atoms with van der Waals surface area (Å²) in [6.07, 6.45) is 2.47. The lowest BCUT2D eigenvalue weighted by molar-refractivity contribution is 0.478. The van der Waals surface area contributed by atoms with E-state index in [4.69, 9.17) is 4.74 Å². The first-order chi connectivity index (χ1) is 9.90. The second-order valence-corrected chi connectivity index (χ2v) is 5.13. The molecule has 1 atom stereocenters. The first kappa shape index (κ1) is 13.0. The summed E-state index contributed by atoms with van der Waals surface area (Å²) >= 11 is 0. The van der Waals surface area contributed by atoms with Crippen molar-refractivity contribution in [2.45, 2.75) is 18.9 Å². The van der Waals surface area contributed by atoms with Gasteiger partial charge in [0.05, 0.1) is 0 Å². The van der Waals surface area contributed by atoms with E-state index >= 15 is 0 Å². The van der Waals surface area contributed by atoms with Crippen LogP contribution in [0.2, 0.25) is 0 Å². The molecule has 3 heteroatoms. The minimum Gasteiger partial charge on any atom is -0.457 e. The van der Waals surface area contributed by atoms with E-state index < -0.39 is 0 Å². The maximum absolute atomic E-state index is 5.78. The Morgan fingerprint density at radius 1 is 0.950 bits per heavy atom. The van der Waals surface area contributed by atoms with Crippen molar-refractivity contribution in [1.82, 2.24) is 5.32 Å². The molecule has 0 aliphatic carbocycles. The zero-order chi connectivity index (χ0) is 13.6. The van der Waals surface area contributed by atoms with Crippen LogP contribution in [0.4, 0.5) is 5.69 Å². The van der Waals surface area contributed by atoms with Gasteiger partial charge in [0, 0.05) is 18.3 Å². The van der Waals surface area contributed by atoms with Crippen LogP contribution < -0.4 is 15.4 Å². The van der Waals surface area contributed by atoms with Crippen LogP contribution in [0.3, 0.4) is 0 Å². The fourth-order valence-corrected chi connectivity index (χ4v) is 2.45. The van der Waals surface area contributed by atoms with Crippen molar-refractivity contribution in [3.05, 3.63) is 54.6 Å². The number of hydrogen-bond acceptors (Lipinski definition) is 3. The molecule has 0 amide bonds. The molecule has 0 saturated carbocycles. The summed E-state index contributed by atoms with van der Waals surface area (Å²) in [5.41, 5.74) is 1.15. The monoisotopic (exact) mass is 268 g/mol. The van der Waals surface area contributed by atoms with Gasteiger partial charge in [-0.05, 0) is 55.8 Å². The predicted octanol–water partition coefficient (Wildman–Crippen LogP) is 3.64.